The Labute approximate surface area is 62.1 Å². The van der Waals surface area contributed by atoms with Crippen LogP contribution >= 0.6 is 0 Å². The summed E-state index contributed by atoms with van der Waals surface area (Å²) < 4.78 is 0. The molecule has 0 saturated heterocycles. The number of hydrogen-bond donors (Lipinski definition) is 0. The molecule has 0 aromatic heterocycles. The van der Waals surface area contributed by atoms with E-state index in [1.807, 2.05) is 0 Å². The molecular weight excluding hydrogens is 124 g/mol. The molecule has 0 radical (unpaired) electrons. The van der Waals surface area contributed by atoms with Crippen molar-refractivity contribution < 1.29 is 4.79 Å². The minimum atomic E-state index is 0.623. The molecule has 1 aliphatic carbocycles. The van der Waals surface area contributed by atoms with Crippen LogP contribution in [0.1, 0.15) is 26.2 Å². The molecule has 0 heterocycles. The second-order valence-corrected chi connectivity index (χ2v) is 3.15. The summed E-state index contributed by atoms with van der Waals surface area (Å²) in [6.07, 6.45) is 8.51. The Morgan fingerprint density at radius 1 is 1.70 bits per heavy atom. The summed E-state index contributed by atoms with van der Waals surface area (Å²) in [6, 6.07) is 0. The number of aldehydes is 1. The van der Waals surface area contributed by atoms with Gasteiger partial charge in [0.25, 0.3) is 0 Å². The fourth-order valence-electron chi connectivity index (χ4n) is 1.53. The normalized spacial score (nSPS) is 32.1. The van der Waals surface area contributed by atoms with Crippen molar-refractivity contribution in [1.82, 2.24) is 0 Å². The van der Waals surface area contributed by atoms with E-state index in [4.69, 9.17) is 0 Å². The predicted octanol–water partition coefficient (Wildman–Crippen LogP) is 2.18. The van der Waals surface area contributed by atoms with Crippen LogP contribution in [0, 0.1) is 11.8 Å². The molecule has 0 fully saturated rings. The molecule has 10 heavy (non-hydrogen) atoms. The molecule has 1 aliphatic rings. The molecule has 0 amide bonds. The topological polar surface area (TPSA) is 17.1 Å². The number of hydrogen-bond acceptors (Lipinski definition) is 1. The summed E-state index contributed by atoms with van der Waals surface area (Å²) in [5.74, 6) is 1.30. The zero-order valence-corrected chi connectivity index (χ0v) is 6.42. The Morgan fingerprint density at radius 2 is 2.50 bits per heavy atom. The molecule has 0 saturated carbocycles. The molecular formula is C9H14O. The maximum Gasteiger partial charge on any atom is 0.120 e. The first kappa shape index (κ1) is 7.52. The van der Waals surface area contributed by atoms with Crippen LogP contribution < -0.4 is 0 Å². The highest BCUT2D eigenvalue weighted by Gasteiger charge is 2.13. The molecule has 0 spiro atoms. The second kappa shape index (κ2) is 3.55. The van der Waals surface area contributed by atoms with E-state index in [1.54, 1.807) is 0 Å². The molecule has 2 atom stereocenters. The highest BCUT2D eigenvalue weighted by Crippen LogP contribution is 2.24. The van der Waals surface area contributed by atoms with E-state index in [2.05, 4.69) is 19.1 Å². The van der Waals surface area contributed by atoms with Crippen LogP contribution in [0.4, 0.5) is 0 Å². The maximum atomic E-state index is 10.2. The zero-order valence-electron chi connectivity index (χ0n) is 6.42. The molecule has 1 rings (SSSR count). The van der Waals surface area contributed by atoms with Gasteiger partial charge < -0.3 is 4.79 Å². The van der Waals surface area contributed by atoms with Gasteiger partial charge in [-0.25, -0.2) is 0 Å². The van der Waals surface area contributed by atoms with Gasteiger partial charge in [0, 0.05) is 6.42 Å². The van der Waals surface area contributed by atoms with E-state index in [0.29, 0.717) is 11.8 Å². The minimum absolute atomic E-state index is 0.623. The van der Waals surface area contributed by atoms with Gasteiger partial charge in [-0.3, -0.25) is 0 Å². The van der Waals surface area contributed by atoms with E-state index >= 15 is 0 Å². The van der Waals surface area contributed by atoms with E-state index in [1.165, 1.54) is 6.42 Å². The highest BCUT2D eigenvalue weighted by molar-refractivity contribution is 5.49. The largest absolute Gasteiger partial charge is 0.303 e. The summed E-state index contributed by atoms with van der Waals surface area (Å²) in [6.45, 7) is 2.20. The average molecular weight is 138 g/mol. The third-order valence-corrected chi connectivity index (χ3v) is 2.07. The van der Waals surface area contributed by atoms with Crippen LogP contribution in [0.2, 0.25) is 0 Å². The SMILES string of the molecule is C[C@H]1C=CC[C@@H](CC=O)C1. The van der Waals surface area contributed by atoms with Crippen molar-refractivity contribution in [3.63, 3.8) is 0 Å². The smallest absolute Gasteiger partial charge is 0.120 e. The lowest BCUT2D eigenvalue weighted by atomic mass is 9.86. The number of carbonyl (C=O) groups excluding carboxylic acids is 1. The Balaban J connectivity index is 2.36. The van der Waals surface area contributed by atoms with E-state index in [0.717, 1.165) is 19.1 Å². The average Bonchev–Trinajstić information content (AvgIpc) is 1.88. The van der Waals surface area contributed by atoms with Crippen LogP contribution in [0.5, 0.6) is 0 Å². The van der Waals surface area contributed by atoms with Crippen molar-refractivity contribution in [2.75, 3.05) is 0 Å². The summed E-state index contributed by atoms with van der Waals surface area (Å²) >= 11 is 0. The molecule has 0 aromatic carbocycles. The van der Waals surface area contributed by atoms with Gasteiger partial charge in [0.15, 0.2) is 0 Å². The highest BCUT2D eigenvalue weighted by atomic mass is 16.1. The number of allylic oxidation sites excluding steroid dienone is 2. The van der Waals surface area contributed by atoms with Gasteiger partial charge in [0.05, 0.1) is 0 Å². The van der Waals surface area contributed by atoms with Crippen molar-refractivity contribution in [2.24, 2.45) is 11.8 Å². The summed E-state index contributed by atoms with van der Waals surface area (Å²) in [5.41, 5.74) is 0. The van der Waals surface area contributed by atoms with Crippen molar-refractivity contribution >= 4 is 6.29 Å². The van der Waals surface area contributed by atoms with Gasteiger partial charge in [0.1, 0.15) is 6.29 Å². The van der Waals surface area contributed by atoms with Gasteiger partial charge in [-0.05, 0) is 24.7 Å². The standard InChI is InChI=1S/C9H14O/c1-8-3-2-4-9(7-8)5-6-10/h2-3,6,8-9H,4-5,7H2,1H3/t8-,9-/m0/s1. The fraction of sp³-hybridized carbons (Fsp3) is 0.667. The van der Waals surface area contributed by atoms with Crippen molar-refractivity contribution in [3.8, 4) is 0 Å². The summed E-state index contributed by atoms with van der Waals surface area (Å²) in [4.78, 5) is 10.2. The molecule has 0 unspecified atom stereocenters. The van der Waals surface area contributed by atoms with Gasteiger partial charge in [-0.1, -0.05) is 19.1 Å². The quantitative estimate of drug-likeness (QED) is 0.422. The molecule has 0 bridgehead atoms. The molecule has 1 nitrogen and oxygen atoms in total. The van der Waals surface area contributed by atoms with Crippen LogP contribution in [-0.2, 0) is 4.79 Å². The summed E-state index contributed by atoms with van der Waals surface area (Å²) in [7, 11) is 0. The first-order valence-electron chi connectivity index (χ1n) is 3.93. The number of carbonyl (C=O) groups is 1. The maximum absolute atomic E-state index is 10.2. The molecule has 1 heteroatoms. The third kappa shape index (κ3) is 1.98. The van der Waals surface area contributed by atoms with Crippen LogP contribution in [0.3, 0.4) is 0 Å². The van der Waals surface area contributed by atoms with Crippen LogP contribution in [-0.4, -0.2) is 6.29 Å². The Kier molecular flexibility index (Phi) is 2.67. The number of rotatable bonds is 2. The van der Waals surface area contributed by atoms with Gasteiger partial charge >= 0.3 is 0 Å². The van der Waals surface area contributed by atoms with E-state index in [-0.39, 0.29) is 0 Å². The predicted molar refractivity (Wildman–Crippen MR) is 41.7 cm³/mol. The Hall–Kier alpha value is -0.590. The molecule has 56 valence electrons. The van der Waals surface area contributed by atoms with Gasteiger partial charge in [-0.2, -0.15) is 0 Å². The van der Waals surface area contributed by atoms with Crippen LogP contribution in [0.25, 0.3) is 0 Å². The fourth-order valence-corrected chi connectivity index (χ4v) is 1.53. The lowest BCUT2D eigenvalue weighted by Crippen LogP contribution is -2.08. The van der Waals surface area contributed by atoms with Crippen LogP contribution in [0.15, 0.2) is 12.2 Å². The minimum Gasteiger partial charge on any atom is -0.303 e. The first-order valence-corrected chi connectivity index (χ1v) is 3.93. The van der Waals surface area contributed by atoms with E-state index in [9.17, 15) is 4.79 Å². The van der Waals surface area contributed by atoms with Gasteiger partial charge in [0.2, 0.25) is 0 Å². The van der Waals surface area contributed by atoms with Crippen molar-refractivity contribution in [2.45, 2.75) is 26.2 Å². The Bertz CT molecular complexity index is 138. The zero-order chi connectivity index (χ0) is 7.40. The second-order valence-electron chi connectivity index (χ2n) is 3.15. The monoisotopic (exact) mass is 138 g/mol. The van der Waals surface area contributed by atoms with Crippen molar-refractivity contribution in [3.05, 3.63) is 12.2 Å². The summed E-state index contributed by atoms with van der Waals surface area (Å²) in [5, 5.41) is 0. The van der Waals surface area contributed by atoms with E-state index < -0.39 is 0 Å². The lowest BCUT2D eigenvalue weighted by Gasteiger charge is -2.19. The Morgan fingerprint density at radius 3 is 3.10 bits per heavy atom. The first-order chi connectivity index (χ1) is 4.83. The molecule has 0 aliphatic heterocycles. The molecule has 0 N–H and O–H groups in total. The third-order valence-electron chi connectivity index (χ3n) is 2.07. The van der Waals surface area contributed by atoms with Gasteiger partial charge in [-0.15, -0.1) is 0 Å². The lowest BCUT2D eigenvalue weighted by molar-refractivity contribution is -0.108. The van der Waals surface area contributed by atoms with Crippen molar-refractivity contribution in [1.29, 1.82) is 0 Å². The molecule has 0 aromatic rings.